The first-order chi connectivity index (χ1) is 13.6. The number of aromatic nitrogens is 1. The van der Waals surface area contributed by atoms with Crippen LogP contribution in [0.4, 0.5) is 0 Å². The molecule has 6 nitrogen and oxygen atoms in total. The Balaban J connectivity index is 1.47. The van der Waals surface area contributed by atoms with Crippen LogP contribution < -0.4 is 5.32 Å². The van der Waals surface area contributed by atoms with Crippen LogP contribution in [0.1, 0.15) is 30.9 Å². The number of rotatable bonds is 5. The fourth-order valence-electron chi connectivity index (χ4n) is 4.31. The van der Waals surface area contributed by atoms with Gasteiger partial charge in [-0.05, 0) is 63.0 Å². The molecule has 1 aliphatic heterocycles. The summed E-state index contributed by atoms with van der Waals surface area (Å²) in [5, 5.41) is 14.1. The zero-order chi connectivity index (χ0) is 19.5. The molecule has 1 saturated carbocycles. The highest BCUT2D eigenvalue weighted by Gasteiger charge is 2.36. The summed E-state index contributed by atoms with van der Waals surface area (Å²) < 4.78 is 0. The lowest BCUT2D eigenvalue weighted by atomic mass is 9.75. The molecule has 1 amide bonds. The number of aliphatic hydroxyl groups excluding tert-OH is 1. The second-order valence-electron chi connectivity index (χ2n) is 8.32. The van der Waals surface area contributed by atoms with Gasteiger partial charge in [-0.3, -0.25) is 14.7 Å². The minimum atomic E-state index is -0.251. The molecule has 1 saturated heterocycles. The van der Waals surface area contributed by atoms with Crippen LogP contribution in [0.25, 0.3) is 10.9 Å². The third-order valence-electron chi connectivity index (χ3n) is 6.09. The van der Waals surface area contributed by atoms with Gasteiger partial charge in [0.1, 0.15) is 0 Å². The Labute approximate surface area is 166 Å². The summed E-state index contributed by atoms with van der Waals surface area (Å²) in [5.41, 5.74) is 1.98. The van der Waals surface area contributed by atoms with Crippen molar-refractivity contribution in [2.24, 2.45) is 5.92 Å². The van der Waals surface area contributed by atoms with Gasteiger partial charge in [0, 0.05) is 24.7 Å². The van der Waals surface area contributed by atoms with E-state index in [4.69, 9.17) is 0 Å². The lowest BCUT2D eigenvalue weighted by Gasteiger charge is -2.38. The first kappa shape index (κ1) is 19.3. The SMILES string of the molecule is CN1CCCN(CC(=O)N[C@@H](c2cnc3ccccc3c2)C2CC(O)C2)CC1. The van der Waals surface area contributed by atoms with Gasteiger partial charge in [0.2, 0.25) is 5.91 Å². The molecule has 0 bridgehead atoms. The summed E-state index contributed by atoms with van der Waals surface area (Å²) >= 11 is 0. The third kappa shape index (κ3) is 4.51. The van der Waals surface area contributed by atoms with E-state index in [9.17, 15) is 9.90 Å². The molecule has 0 radical (unpaired) electrons. The van der Waals surface area contributed by atoms with Crippen molar-refractivity contribution in [2.45, 2.75) is 31.4 Å². The fraction of sp³-hybridized carbons (Fsp3) is 0.545. The summed E-state index contributed by atoms with van der Waals surface area (Å²) in [5.74, 6) is 0.321. The van der Waals surface area contributed by atoms with Crippen LogP contribution in [0.2, 0.25) is 0 Å². The van der Waals surface area contributed by atoms with E-state index >= 15 is 0 Å². The van der Waals surface area contributed by atoms with E-state index in [1.165, 1.54) is 0 Å². The van der Waals surface area contributed by atoms with E-state index in [0.29, 0.717) is 6.54 Å². The van der Waals surface area contributed by atoms with Crippen LogP contribution in [0.5, 0.6) is 0 Å². The van der Waals surface area contributed by atoms with E-state index in [2.05, 4.69) is 33.2 Å². The molecule has 0 unspecified atom stereocenters. The molecule has 1 atom stereocenters. The van der Waals surface area contributed by atoms with Crippen LogP contribution >= 0.6 is 0 Å². The smallest absolute Gasteiger partial charge is 0.234 e. The van der Waals surface area contributed by atoms with Crippen molar-refractivity contribution in [1.82, 2.24) is 20.1 Å². The Morgan fingerprint density at radius 1 is 1.25 bits per heavy atom. The Kier molecular flexibility index (Phi) is 5.90. The zero-order valence-electron chi connectivity index (χ0n) is 16.6. The molecule has 0 spiro atoms. The molecule has 2 aromatic rings. The van der Waals surface area contributed by atoms with Crippen LogP contribution in [0.3, 0.4) is 0 Å². The van der Waals surface area contributed by atoms with Gasteiger partial charge in [-0.25, -0.2) is 0 Å². The second-order valence-corrected chi connectivity index (χ2v) is 8.32. The predicted molar refractivity (Wildman–Crippen MR) is 110 cm³/mol. The number of hydrogen-bond acceptors (Lipinski definition) is 5. The average molecular weight is 383 g/mol. The minimum Gasteiger partial charge on any atom is -0.393 e. The number of nitrogens with zero attached hydrogens (tertiary/aromatic N) is 3. The minimum absolute atomic E-state index is 0.0594. The maximum Gasteiger partial charge on any atom is 0.234 e. The van der Waals surface area contributed by atoms with Gasteiger partial charge < -0.3 is 15.3 Å². The number of likely N-dealkylation sites (N-methyl/N-ethyl adjacent to an activating group) is 1. The van der Waals surface area contributed by atoms with Gasteiger partial charge in [0.15, 0.2) is 0 Å². The highest BCUT2D eigenvalue weighted by atomic mass is 16.3. The van der Waals surface area contributed by atoms with Crippen molar-refractivity contribution in [2.75, 3.05) is 39.8 Å². The Morgan fingerprint density at radius 2 is 2.07 bits per heavy atom. The van der Waals surface area contributed by atoms with Gasteiger partial charge in [-0.2, -0.15) is 0 Å². The number of amides is 1. The van der Waals surface area contributed by atoms with Crippen molar-refractivity contribution < 1.29 is 9.90 Å². The summed E-state index contributed by atoms with van der Waals surface area (Å²) in [6.07, 6.45) is 4.17. The van der Waals surface area contributed by atoms with Crippen LogP contribution in [0, 0.1) is 5.92 Å². The lowest BCUT2D eigenvalue weighted by molar-refractivity contribution is -0.124. The largest absolute Gasteiger partial charge is 0.393 e. The van der Waals surface area contributed by atoms with Gasteiger partial charge in [-0.1, -0.05) is 18.2 Å². The molecule has 2 aliphatic rings. The van der Waals surface area contributed by atoms with Crippen LogP contribution in [-0.2, 0) is 4.79 Å². The summed E-state index contributed by atoms with van der Waals surface area (Å²) in [6.45, 7) is 4.40. The standard InChI is InChI=1S/C22H30N4O2/c1-25-7-4-8-26(10-9-25)15-21(28)24-22(17-12-19(27)13-17)18-11-16-5-2-3-6-20(16)23-14-18/h2-3,5-6,11,14,17,19,22,27H,4,7-10,12-13,15H2,1H3,(H,24,28)/t17?,19?,22-/m1/s1. The highest BCUT2D eigenvalue weighted by Crippen LogP contribution is 2.38. The third-order valence-corrected chi connectivity index (χ3v) is 6.09. The molecule has 2 heterocycles. The van der Waals surface area contributed by atoms with Crippen molar-refractivity contribution in [3.05, 3.63) is 42.1 Å². The van der Waals surface area contributed by atoms with Crippen molar-refractivity contribution in [1.29, 1.82) is 0 Å². The molecule has 4 rings (SSSR count). The first-order valence-electron chi connectivity index (χ1n) is 10.3. The number of aliphatic hydroxyl groups is 1. The normalized spacial score (nSPS) is 25.1. The Morgan fingerprint density at radius 3 is 2.89 bits per heavy atom. The Bertz CT molecular complexity index is 821. The summed E-state index contributed by atoms with van der Waals surface area (Å²) in [7, 11) is 2.13. The number of pyridine rings is 1. The quantitative estimate of drug-likeness (QED) is 0.825. The molecule has 1 aromatic carbocycles. The number of carbonyl (C=O) groups excluding carboxylic acids is 1. The maximum absolute atomic E-state index is 12.8. The fourth-order valence-corrected chi connectivity index (χ4v) is 4.31. The zero-order valence-corrected chi connectivity index (χ0v) is 16.6. The van der Waals surface area contributed by atoms with Gasteiger partial charge in [0.25, 0.3) is 0 Å². The highest BCUT2D eigenvalue weighted by molar-refractivity contribution is 5.80. The molecule has 28 heavy (non-hydrogen) atoms. The number of benzene rings is 1. The number of nitrogens with one attached hydrogen (secondary N) is 1. The topological polar surface area (TPSA) is 68.7 Å². The predicted octanol–water partition coefficient (Wildman–Crippen LogP) is 1.80. The van der Waals surface area contributed by atoms with Crippen molar-refractivity contribution in [3.8, 4) is 0 Å². The summed E-state index contributed by atoms with van der Waals surface area (Å²) in [6, 6.07) is 10.1. The number of hydrogen-bond donors (Lipinski definition) is 2. The van der Waals surface area contributed by atoms with E-state index < -0.39 is 0 Å². The van der Waals surface area contributed by atoms with Crippen molar-refractivity contribution in [3.63, 3.8) is 0 Å². The van der Waals surface area contributed by atoms with Gasteiger partial charge >= 0.3 is 0 Å². The lowest BCUT2D eigenvalue weighted by Crippen LogP contribution is -2.45. The van der Waals surface area contributed by atoms with E-state index in [1.54, 1.807) is 0 Å². The van der Waals surface area contributed by atoms with E-state index in [1.807, 2.05) is 30.5 Å². The van der Waals surface area contributed by atoms with E-state index in [-0.39, 0.29) is 24.0 Å². The molecule has 2 fully saturated rings. The molecule has 1 aromatic heterocycles. The molecule has 150 valence electrons. The average Bonchev–Trinajstić information content (AvgIpc) is 2.87. The number of fused-ring (bicyclic) bond motifs is 1. The second kappa shape index (κ2) is 8.55. The van der Waals surface area contributed by atoms with Crippen LogP contribution in [-0.4, -0.2) is 71.7 Å². The van der Waals surface area contributed by atoms with Gasteiger partial charge in [0.05, 0.1) is 24.2 Å². The molecule has 6 heteroatoms. The maximum atomic E-state index is 12.8. The molecule has 1 aliphatic carbocycles. The first-order valence-corrected chi connectivity index (χ1v) is 10.3. The Hall–Kier alpha value is -2.02. The number of para-hydroxylation sites is 1. The number of carbonyl (C=O) groups is 1. The molecular weight excluding hydrogens is 352 g/mol. The molecule has 2 N–H and O–H groups in total. The van der Waals surface area contributed by atoms with Gasteiger partial charge in [-0.15, -0.1) is 0 Å². The van der Waals surface area contributed by atoms with Crippen molar-refractivity contribution >= 4 is 16.8 Å². The van der Waals surface area contributed by atoms with E-state index in [0.717, 1.165) is 61.9 Å². The monoisotopic (exact) mass is 382 g/mol. The summed E-state index contributed by atoms with van der Waals surface area (Å²) in [4.78, 5) is 22.0. The van der Waals surface area contributed by atoms with Crippen LogP contribution in [0.15, 0.2) is 36.5 Å². The molecular formula is C22H30N4O2.